The molecule has 1 aliphatic rings. The van der Waals surface area contributed by atoms with Gasteiger partial charge in [-0.1, -0.05) is 103 Å². The number of hydrogen-bond donors (Lipinski definition) is 2. The van der Waals surface area contributed by atoms with Crippen molar-refractivity contribution < 1.29 is 33.3 Å². The predicted molar refractivity (Wildman–Crippen MR) is 196 cm³/mol. The number of hydrogen-bond acceptors (Lipinski definition) is 7. The third-order valence-electron chi connectivity index (χ3n) is 8.71. The van der Waals surface area contributed by atoms with E-state index in [0.717, 1.165) is 25.7 Å². The molecule has 284 valence electrons. The molecule has 1 saturated heterocycles. The second-order valence-corrected chi connectivity index (χ2v) is 14.8. The van der Waals surface area contributed by atoms with Crippen LogP contribution in [0.3, 0.4) is 0 Å². The molecule has 0 radical (unpaired) electrons. The highest BCUT2D eigenvalue weighted by molar-refractivity contribution is 5.77. The summed E-state index contributed by atoms with van der Waals surface area (Å²) in [4.78, 5) is 33.9. The molecule has 1 heterocycles. The van der Waals surface area contributed by atoms with Gasteiger partial charge in [-0.25, -0.2) is 0 Å². The first-order valence-corrected chi connectivity index (χ1v) is 19.5. The Morgan fingerprint density at radius 1 is 0.729 bits per heavy atom. The number of carbonyl (C=O) groups excluding carboxylic acids is 3. The van der Waals surface area contributed by atoms with Crippen LogP contribution < -0.4 is 10.6 Å². The molecule has 9 heteroatoms. The van der Waals surface area contributed by atoms with Gasteiger partial charge < -0.3 is 29.6 Å². The second-order valence-electron chi connectivity index (χ2n) is 14.8. The van der Waals surface area contributed by atoms with Crippen molar-refractivity contribution in [2.75, 3.05) is 39.6 Å². The lowest BCUT2D eigenvalue weighted by molar-refractivity contribution is -0.130. The summed E-state index contributed by atoms with van der Waals surface area (Å²) in [5.74, 6) is -0.108. The Hall–Kier alpha value is -1.71. The minimum absolute atomic E-state index is 0.00316. The highest BCUT2D eigenvalue weighted by atomic mass is 16.5. The van der Waals surface area contributed by atoms with Crippen LogP contribution >= 0.6 is 0 Å². The van der Waals surface area contributed by atoms with Gasteiger partial charge in [0.15, 0.2) is 0 Å². The summed E-state index contributed by atoms with van der Waals surface area (Å²) in [6.45, 7) is 15.3. The van der Waals surface area contributed by atoms with Crippen molar-refractivity contribution in [2.45, 2.75) is 194 Å². The van der Waals surface area contributed by atoms with Crippen molar-refractivity contribution in [2.24, 2.45) is 0 Å². The number of nitrogens with one attached hydrogen (secondary N) is 2. The Labute approximate surface area is 295 Å². The molecule has 48 heavy (non-hydrogen) atoms. The normalized spacial score (nSPS) is 20.0. The minimum atomic E-state index is -0.511. The summed E-state index contributed by atoms with van der Waals surface area (Å²) in [6.07, 6.45) is 25.7. The van der Waals surface area contributed by atoms with Crippen molar-refractivity contribution in [3.05, 3.63) is 0 Å². The zero-order valence-electron chi connectivity index (χ0n) is 32.1. The van der Waals surface area contributed by atoms with E-state index in [9.17, 15) is 14.4 Å². The van der Waals surface area contributed by atoms with Gasteiger partial charge in [-0.15, -0.1) is 0 Å². The standard InChI is InChI=1S/C20H38N2O5.C19H38O2/c1-16-8-6-7-10-21-17(23)14-20(4,5)26-11-9-19(2,3)27-13-12-25-15-18(24)22-16;1-2-3-4-5-6-7-8-9-10-11-12-13-14-15-16-17-18-21-19-20/h16H,6-15H2,1-5H3,(H,21,23)(H,22,24);19H,2-18H2,1H3. The van der Waals surface area contributed by atoms with E-state index in [2.05, 4.69) is 22.3 Å². The Morgan fingerprint density at radius 2 is 1.27 bits per heavy atom. The van der Waals surface area contributed by atoms with Crippen molar-refractivity contribution in [1.29, 1.82) is 0 Å². The van der Waals surface area contributed by atoms with E-state index in [1.807, 2.05) is 34.6 Å². The van der Waals surface area contributed by atoms with Crippen molar-refractivity contribution in [3.8, 4) is 0 Å². The molecular formula is C39H76N2O7. The van der Waals surface area contributed by atoms with Crippen LogP contribution in [0.2, 0.25) is 0 Å². The maximum atomic E-state index is 12.1. The lowest BCUT2D eigenvalue weighted by atomic mass is 10.0. The molecule has 0 spiro atoms. The number of carbonyl (C=O) groups is 3. The number of amides is 2. The van der Waals surface area contributed by atoms with Gasteiger partial charge in [0.05, 0.1) is 44.1 Å². The van der Waals surface area contributed by atoms with Crippen LogP contribution in [0.5, 0.6) is 0 Å². The van der Waals surface area contributed by atoms with Crippen molar-refractivity contribution in [1.82, 2.24) is 10.6 Å². The molecule has 0 aromatic rings. The topological polar surface area (TPSA) is 112 Å². The fourth-order valence-corrected chi connectivity index (χ4v) is 5.66. The SMILES string of the molecule is CC1CCCCNC(=O)CC(C)(C)OCCC(C)(C)OCCOCC(=O)N1.CCCCCCCCCCCCCCCCCCOC=O. The average molecular weight is 685 g/mol. The molecule has 0 aromatic carbocycles. The molecule has 0 bridgehead atoms. The number of rotatable bonds is 18. The van der Waals surface area contributed by atoms with Gasteiger partial charge in [0.25, 0.3) is 6.47 Å². The van der Waals surface area contributed by atoms with Crippen LogP contribution in [0.25, 0.3) is 0 Å². The molecular weight excluding hydrogens is 608 g/mol. The highest BCUT2D eigenvalue weighted by Gasteiger charge is 2.25. The molecule has 0 aliphatic carbocycles. The first-order valence-electron chi connectivity index (χ1n) is 19.5. The first-order chi connectivity index (χ1) is 23.0. The zero-order valence-corrected chi connectivity index (χ0v) is 32.1. The lowest BCUT2D eigenvalue weighted by Gasteiger charge is -2.29. The molecule has 0 aromatic heterocycles. The maximum Gasteiger partial charge on any atom is 0.293 e. The fraction of sp³-hybridized carbons (Fsp3) is 0.923. The van der Waals surface area contributed by atoms with Crippen molar-refractivity contribution >= 4 is 18.3 Å². The van der Waals surface area contributed by atoms with E-state index in [4.69, 9.17) is 14.2 Å². The average Bonchev–Trinajstić information content (AvgIpc) is 3.01. The summed E-state index contributed by atoms with van der Waals surface area (Å²) in [5.41, 5.74) is -0.873. The minimum Gasteiger partial charge on any atom is -0.468 e. The summed E-state index contributed by atoms with van der Waals surface area (Å²) < 4.78 is 21.8. The van der Waals surface area contributed by atoms with Crippen LogP contribution in [-0.2, 0) is 33.3 Å². The van der Waals surface area contributed by atoms with Gasteiger partial charge >= 0.3 is 0 Å². The van der Waals surface area contributed by atoms with Gasteiger partial charge in [-0.05, 0) is 66.7 Å². The number of unbranched alkanes of at least 4 members (excludes halogenated alkanes) is 15. The molecule has 2 N–H and O–H groups in total. The highest BCUT2D eigenvalue weighted by Crippen LogP contribution is 2.20. The quantitative estimate of drug-likeness (QED) is 0.110. The van der Waals surface area contributed by atoms with E-state index in [1.165, 1.54) is 96.3 Å². The second kappa shape index (κ2) is 31.3. The Bertz CT molecular complexity index is 775. The Balaban J connectivity index is 0.000000952. The molecule has 1 rings (SSSR count). The molecule has 9 nitrogen and oxygen atoms in total. The van der Waals surface area contributed by atoms with Crippen LogP contribution in [0.4, 0.5) is 0 Å². The van der Waals surface area contributed by atoms with E-state index in [0.29, 0.717) is 52.3 Å². The summed E-state index contributed by atoms with van der Waals surface area (Å²) in [7, 11) is 0. The summed E-state index contributed by atoms with van der Waals surface area (Å²) >= 11 is 0. The molecule has 0 saturated carbocycles. The van der Waals surface area contributed by atoms with Gasteiger partial charge in [-0.3, -0.25) is 14.4 Å². The van der Waals surface area contributed by atoms with Crippen LogP contribution in [0.15, 0.2) is 0 Å². The predicted octanol–water partition coefficient (Wildman–Crippen LogP) is 8.60. The zero-order chi connectivity index (χ0) is 35.8. The van der Waals surface area contributed by atoms with E-state index >= 15 is 0 Å². The molecule has 1 fully saturated rings. The molecule has 1 aliphatic heterocycles. The van der Waals surface area contributed by atoms with Gasteiger partial charge in [-0.2, -0.15) is 0 Å². The maximum absolute atomic E-state index is 12.1. The van der Waals surface area contributed by atoms with E-state index < -0.39 is 5.60 Å². The monoisotopic (exact) mass is 685 g/mol. The Morgan fingerprint density at radius 3 is 1.83 bits per heavy atom. The number of ether oxygens (including phenoxy) is 4. The lowest BCUT2D eigenvalue weighted by Crippen LogP contribution is -2.37. The molecule has 1 atom stereocenters. The summed E-state index contributed by atoms with van der Waals surface area (Å²) in [6, 6.07) is 0.0879. The van der Waals surface area contributed by atoms with Crippen LogP contribution in [-0.4, -0.2) is 75.1 Å². The summed E-state index contributed by atoms with van der Waals surface area (Å²) in [5, 5.41) is 5.88. The third-order valence-corrected chi connectivity index (χ3v) is 8.71. The van der Waals surface area contributed by atoms with Crippen molar-refractivity contribution in [3.63, 3.8) is 0 Å². The Kier molecular flexibility index (Phi) is 30.2. The van der Waals surface area contributed by atoms with E-state index in [1.54, 1.807) is 0 Å². The molecule has 2 amide bonds. The van der Waals surface area contributed by atoms with Crippen LogP contribution in [0, 0.1) is 0 Å². The third kappa shape index (κ3) is 32.8. The molecule has 1 unspecified atom stereocenters. The van der Waals surface area contributed by atoms with E-state index in [-0.39, 0.29) is 30.1 Å². The first kappa shape index (κ1) is 46.3. The van der Waals surface area contributed by atoms with Gasteiger partial charge in [0.1, 0.15) is 6.61 Å². The largest absolute Gasteiger partial charge is 0.468 e. The van der Waals surface area contributed by atoms with Crippen LogP contribution in [0.1, 0.15) is 176 Å². The fourth-order valence-electron chi connectivity index (χ4n) is 5.66. The van der Waals surface area contributed by atoms with Gasteiger partial charge in [0.2, 0.25) is 11.8 Å². The smallest absolute Gasteiger partial charge is 0.293 e. The van der Waals surface area contributed by atoms with Gasteiger partial charge in [0, 0.05) is 12.6 Å².